The molecule has 106 valence electrons. The smallest absolute Gasteiger partial charge is 0.382 e. The Morgan fingerprint density at radius 2 is 2.17 bits per heavy atom. The van der Waals surface area contributed by atoms with E-state index in [2.05, 4.69) is 5.32 Å². The van der Waals surface area contributed by atoms with Crippen LogP contribution in [-0.4, -0.2) is 35.4 Å². The zero-order chi connectivity index (χ0) is 14.0. The zero-order valence-electron chi connectivity index (χ0n) is 10.3. The van der Waals surface area contributed by atoms with Gasteiger partial charge in [0, 0.05) is 5.54 Å². The number of halogens is 3. The number of hydrogen-bond donors (Lipinski definition) is 3. The summed E-state index contributed by atoms with van der Waals surface area (Å²) in [6.45, 7) is 0.908. The lowest BCUT2D eigenvalue weighted by Crippen LogP contribution is -2.54. The van der Waals surface area contributed by atoms with Crippen LogP contribution >= 0.6 is 0 Å². The van der Waals surface area contributed by atoms with Gasteiger partial charge in [0.1, 0.15) is 0 Å². The average molecular weight is 268 g/mol. The molecule has 3 atom stereocenters. The van der Waals surface area contributed by atoms with E-state index < -0.39 is 36.2 Å². The van der Waals surface area contributed by atoms with Crippen molar-refractivity contribution in [1.82, 2.24) is 5.32 Å². The highest BCUT2D eigenvalue weighted by Crippen LogP contribution is 2.31. The van der Waals surface area contributed by atoms with E-state index in [1.165, 1.54) is 0 Å². The van der Waals surface area contributed by atoms with E-state index in [0.717, 1.165) is 12.8 Å². The second kappa shape index (κ2) is 5.44. The average Bonchev–Trinajstić information content (AvgIpc) is 2.23. The predicted octanol–water partition coefficient (Wildman–Crippen LogP) is 0.933. The second-order valence-corrected chi connectivity index (χ2v) is 5.11. The van der Waals surface area contributed by atoms with Crippen LogP contribution in [-0.2, 0) is 4.79 Å². The molecular weight excluding hydrogens is 249 g/mol. The Morgan fingerprint density at radius 3 is 2.67 bits per heavy atom. The van der Waals surface area contributed by atoms with Crippen molar-refractivity contribution in [1.29, 1.82) is 0 Å². The molecule has 4 nitrogen and oxygen atoms in total. The molecule has 7 heteroatoms. The summed E-state index contributed by atoms with van der Waals surface area (Å²) >= 11 is 0. The molecule has 0 spiro atoms. The lowest BCUT2D eigenvalue weighted by atomic mass is 9.74. The number of hydrogen-bond acceptors (Lipinski definition) is 3. The van der Waals surface area contributed by atoms with Gasteiger partial charge in [-0.05, 0) is 19.8 Å². The van der Waals surface area contributed by atoms with Crippen LogP contribution in [0.1, 0.15) is 32.6 Å². The number of rotatable bonds is 3. The molecule has 4 N–H and O–H groups in total. The summed E-state index contributed by atoms with van der Waals surface area (Å²) in [6, 6.07) is 0. The number of amides is 1. The van der Waals surface area contributed by atoms with Crippen molar-refractivity contribution in [3.8, 4) is 0 Å². The van der Waals surface area contributed by atoms with Crippen LogP contribution in [0.2, 0.25) is 0 Å². The summed E-state index contributed by atoms with van der Waals surface area (Å²) in [5.41, 5.74) is 5.28. The molecule has 0 aromatic rings. The molecular formula is C11H19F3N2O2. The number of alkyl halides is 3. The van der Waals surface area contributed by atoms with Gasteiger partial charge in [-0.3, -0.25) is 4.79 Å². The highest BCUT2D eigenvalue weighted by Gasteiger charge is 2.41. The monoisotopic (exact) mass is 268 g/mol. The summed E-state index contributed by atoms with van der Waals surface area (Å²) in [4.78, 5) is 11.8. The number of carbonyl (C=O) groups excluding carboxylic acids is 1. The lowest BCUT2D eigenvalue weighted by Gasteiger charge is -2.37. The maximum Gasteiger partial charge on any atom is 0.416 e. The number of nitrogens with one attached hydrogen (secondary N) is 1. The van der Waals surface area contributed by atoms with Crippen LogP contribution in [0.3, 0.4) is 0 Å². The highest BCUT2D eigenvalue weighted by atomic mass is 19.4. The molecule has 18 heavy (non-hydrogen) atoms. The quantitative estimate of drug-likeness (QED) is 0.713. The van der Waals surface area contributed by atoms with E-state index in [9.17, 15) is 18.0 Å². The third kappa shape index (κ3) is 3.84. The Morgan fingerprint density at radius 1 is 1.56 bits per heavy atom. The first kappa shape index (κ1) is 15.2. The highest BCUT2D eigenvalue weighted by molar-refractivity contribution is 5.80. The van der Waals surface area contributed by atoms with Gasteiger partial charge in [0.05, 0.1) is 12.5 Å². The minimum absolute atomic E-state index is 0.494. The van der Waals surface area contributed by atoms with E-state index in [0.29, 0.717) is 12.8 Å². The standard InChI is InChI=1S/C11H19F3N2O2/c1-10(15)5-3-2-4-7(10)9(18)16-6-8(17)11(12,13)14/h7-8,17H,2-6,15H2,1H3,(H,16,18). The lowest BCUT2D eigenvalue weighted by molar-refractivity contribution is -0.202. The SMILES string of the molecule is CC1(N)CCCCC1C(=O)NCC(O)C(F)(F)F. The van der Waals surface area contributed by atoms with Crippen molar-refractivity contribution in [3.63, 3.8) is 0 Å². The van der Waals surface area contributed by atoms with Crippen molar-refractivity contribution in [2.75, 3.05) is 6.54 Å². The van der Waals surface area contributed by atoms with Gasteiger partial charge in [-0.1, -0.05) is 12.8 Å². The van der Waals surface area contributed by atoms with Gasteiger partial charge in [-0.25, -0.2) is 0 Å². The Kier molecular flexibility index (Phi) is 4.61. The third-order valence-corrected chi connectivity index (χ3v) is 3.42. The Hall–Kier alpha value is -0.820. The number of nitrogens with two attached hydrogens (primary N) is 1. The third-order valence-electron chi connectivity index (χ3n) is 3.42. The largest absolute Gasteiger partial charge is 0.416 e. The van der Waals surface area contributed by atoms with Crippen molar-refractivity contribution in [2.24, 2.45) is 11.7 Å². The van der Waals surface area contributed by atoms with E-state index >= 15 is 0 Å². The molecule has 3 unspecified atom stereocenters. The van der Waals surface area contributed by atoms with Crippen LogP contribution in [0.25, 0.3) is 0 Å². The van der Waals surface area contributed by atoms with E-state index in [1.807, 2.05) is 0 Å². The number of aliphatic hydroxyl groups excluding tert-OH is 1. The minimum atomic E-state index is -4.72. The molecule has 1 aliphatic carbocycles. The summed E-state index contributed by atoms with van der Waals surface area (Å²) in [5, 5.41) is 10.9. The molecule has 0 saturated heterocycles. The van der Waals surface area contributed by atoms with Crippen LogP contribution in [0, 0.1) is 5.92 Å². The topological polar surface area (TPSA) is 75.4 Å². The molecule has 0 aromatic heterocycles. The molecule has 1 aliphatic rings. The Bertz CT molecular complexity index is 305. The molecule has 1 amide bonds. The molecule has 1 saturated carbocycles. The zero-order valence-corrected chi connectivity index (χ0v) is 10.3. The summed E-state index contributed by atoms with van der Waals surface area (Å²) in [6.07, 6.45) is -4.25. The van der Waals surface area contributed by atoms with Gasteiger partial charge < -0.3 is 16.2 Å². The van der Waals surface area contributed by atoms with Gasteiger partial charge in [-0.2, -0.15) is 13.2 Å². The first-order valence-electron chi connectivity index (χ1n) is 5.96. The van der Waals surface area contributed by atoms with Gasteiger partial charge in [0.25, 0.3) is 0 Å². The summed E-state index contributed by atoms with van der Waals surface area (Å²) < 4.78 is 36.2. The van der Waals surface area contributed by atoms with Crippen molar-refractivity contribution in [2.45, 2.75) is 50.4 Å². The maximum atomic E-state index is 12.1. The fourth-order valence-corrected chi connectivity index (χ4v) is 2.23. The van der Waals surface area contributed by atoms with Crippen molar-refractivity contribution in [3.05, 3.63) is 0 Å². The summed E-state index contributed by atoms with van der Waals surface area (Å²) in [7, 11) is 0. The molecule has 1 rings (SSSR count). The molecule has 0 bridgehead atoms. The first-order valence-corrected chi connectivity index (χ1v) is 5.96. The number of aliphatic hydroxyl groups is 1. The van der Waals surface area contributed by atoms with E-state index in [1.54, 1.807) is 6.92 Å². The number of carbonyl (C=O) groups is 1. The predicted molar refractivity (Wildman–Crippen MR) is 59.6 cm³/mol. The molecule has 0 heterocycles. The first-order chi connectivity index (χ1) is 8.14. The van der Waals surface area contributed by atoms with Gasteiger partial charge in [0.2, 0.25) is 5.91 Å². The fourth-order valence-electron chi connectivity index (χ4n) is 2.23. The fraction of sp³-hybridized carbons (Fsp3) is 0.909. The van der Waals surface area contributed by atoms with Gasteiger partial charge >= 0.3 is 6.18 Å². The molecule has 1 fully saturated rings. The van der Waals surface area contributed by atoms with Gasteiger partial charge in [-0.15, -0.1) is 0 Å². The van der Waals surface area contributed by atoms with Crippen LogP contribution in [0.4, 0.5) is 13.2 Å². The Balaban J connectivity index is 2.50. The summed E-state index contributed by atoms with van der Waals surface area (Å²) in [5.74, 6) is -1.00. The normalized spacial score (nSPS) is 30.9. The van der Waals surface area contributed by atoms with E-state index in [-0.39, 0.29) is 0 Å². The second-order valence-electron chi connectivity index (χ2n) is 5.11. The van der Waals surface area contributed by atoms with Crippen molar-refractivity contribution >= 4 is 5.91 Å². The molecule has 0 aromatic carbocycles. The molecule has 0 aliphatic heterocycles. The Labute approximate surface area is 104 Å². The van der Waals surface area contributed by atoms with E-state index in [4.69, 9.17) is 10.8 Å². The van der Waals surface area contributed by atoms with Crippen LogP contribution in [0.15, 0.2) is 0 Å². The molecule has 0 radical (unpaired) electrons. The van der Waals surface area contributed by atoms with Gasteiger partial charge in [0.15, 0.2) is 6.10 Å². The minimum Gasteiger partial charge on any atom is -0.382 e. The maximum absolute atomic E-state index is 12.1. The van der Waals surface area contributed by atoms with Crippen molar-refractivity contribution < 1.29 is 23.1 Å². The van der Waals surface area contributed by atoms with Crippen LogP contribution < -0.4 is 11.1 Å². The van der Waals surface area contributed by atoms with Crippen LogP contribution in [0.5, 0.6) is 0 Å².